The van der Waals surface area contributed by atoms with E-state index in [0.29, 0.717) is 19.6 Å². The van der Waals surface area contributed by atoms with Crippen LogP contribution in [0.4, 0.5) is 4.79 Å². The van der Waals surface area contributed by atoms with E-state index in [9.17, 15) is 14.4 Å². The van der Waals surface area contributed by atoms with E-state index in [1.165, 1.54) is 6.08 Å². The summed E-state index contributed by atoms with van der Waals surface area (Å²) in [6.45, 7) is 11.2. The van der Waals surface area contributed by atoms with Crippen LogP contribution in [0.2, 0.25) is 0 Å². The van der Waals surface area contributed by atoms with Gasteiger partial charge in [0.1, 0.15) is 6.04 Å². The van der Waals surface area contributed by atoms with Gasteiger partial charge in [-0.25, -0.2) is 4.79 Å². The minimum absolute atomic E-state index is 0.000786. The topological polar surface area (TPSA) is 81.8 Å². The summed E-state index contributed by atoms with van der Waals surface area (Å²) >= 11 is 0. The molecule has 1 aliphatic heterocycles. The molecule has 1 fully saturated rings. The molecule has 1 aromatic carbocycles. The smallest absolute Gasteiger partial charge is 0.317 e. The van der Waals surface area contributed by atoms with Gasteiger partial charge in [0.15, 0.2) is 0 Å². The molecule has 7 heteroatoms. The zero-order chi connectivity index (χ0) is 23.0. The molecule has 0 aromatic heterocycles. The Hall–Kier alpha value is -2.83. The van der Waals surface area contributed by atoms with Crippen LogP contribution in [-0.4, -0.2) is 65.4 Å². The van der Waals surface area contributed by atoms with Crippen molar-refractivity contribution >= 4 is 23.9 Å². The summed E-state index contributed by atoms with van der Waals surface area (Å²) in [7, 11) is 0. The first-order valence-corrected chi connectivity index (χ1v) is 11.1. The Bertz CT molecular complexity index is 778. The lowest BCUT2D eigenvalue weighted by atomic mass is 9.97. The van der Waals surface area contributed by atoms with E-state index in [2.05, 4.69) is 10.6 Å². The van der Waals surface area contributed by atoms with E-state index < -0.39 is 6.04 Å². The molecule has 0 spiro atoms. The van der Waals surface area contributed by atoms with Crippen LogP contribution in [0.5, 0.6) is 0 Å². The first-order chi connectivity index (χ1) is 14.7. The van der Waals surface area contributed by atoms with Crippen molar-refractivity contribution in [2.45, 2.75) is 59.2 Å². The van der Waals surface area contributed by atoms with E-state index >= 15 is 0 Å². The molecule has 0 radical (unpaired) electrons. The number of nitrogens with zero attached hydrogens (tertiary/aromatic N) is 2. The Kier molecular flexibility index (Phi) is 9.09. The van der Waals surface area contributed by atoms with Crippen LogP contribution in [0.25, 0.3) is 6.08 Å². The second-order valence-electron chi connectivity index (χ2n) is 8.55. The number of nitrogens with one attached hydrogen (secondary N) is 2. The van der Waals surface area contributed by atoms with Crippen LogP contribution >= 0.6 is 0 Å². The Morgan fingerprint density at radius 2 is 1.77 bits per heavy atom. The van der Waals surface area contributed by atoms with Crippen molar-refractivity contribution < 1.29 is 14.4 Å². The van der Waals surface area contributed by atoms with Gasteiger partial charge >= 0.3 is 6.03 Å². The molecule has 0 saturated carbocycles. The van der Waals surface area contributed by atoms with Crippen LogP contribution in [0.1, 0.15) is 46.6 Å². The Balaban J connectivity index is 2.02. The lowest BCUT2D eigenvalue weighted by molar-refractivity contribution is -0.139. The van der Waals surface area contributed by atoms with Gasteiger partial charge < -0.3 is 20.4 Å². The van der Waals surface area contributed by atoms with Gasteiger partial charge in [-0.15, -0.1) is 0 Å². The third-order valence-corrected chi connectivity index (χ3v) is 5.62. The van der Waals surface area contributed by atoms with Crippen molar-refractivity contribution in [3.63, 3.8) is 0 Å². The average molecular weight is 429 g/mol. The summed E-state index contributed by atoms with van der Waals surface area (Å²) in [5.41, 5.74) is 0.925. The monoisotopic (exact) mass is 428 g/mol. The van der Waals surface area contributed by atoms with Crippen molar-refractivity contribution in [1.82, 2.24) is 20.4 Å². The van der Waals surface area contributed by atoms with Gasteiger partial charge in [-0.3, -0.25) is 9.59 Å². The van der Waals surface area contributed by atoms with Gasteiger partial charge in [-0.2, -0.15) is 0 Å². The highest BCUT2D eigenvalue weighted by molar-refractivity contribution is 5.95. The first-order valence-electron chi connectivity index (χ1n) is 11.1. The quantitative estimate of drug-likeness (QED) is 0.655. The van der Waals surface area contributed by atoms with E-state index in [-0.39, 0.29) is 35.8 Å². The molecular weight excluding hydrogens is 392 g/mol. The normalized spacial score (nSPS) is 18.7. The summed E-state index contributed by atoms with van der Waals surface area (Å²) < 4.78 is 0. The highest BCUT2D eigenvalue weighted by Crippen LogP contribution is 2.16. The predicted octanol–water partition coefficient (Wildman–Crippen LogP) is 2.88. The minimum Gasteiger partial charge on any atom is -0.340 e. The second kappa shape index (κ2) is 11.5. The van der Waals surface area contributed by atoms with E-state index in [4.69, 9.17) is 0 Å². The molecule has 3 unspecified atom stereocenters. The summed E-state index contributed by atoms with van der Waals surface area (Å²) in [6, 6.07) is 8.83. The highest BCUT2D eigenvalue weighted by atomic mass is 16.2. The van der Waals surface area contributed by atoms with Gasteiger partial charge in [-0.1, -0.05) is 50.6 Å². The van der Waals surface area contributed by atoms with Gasteiger partial charge in [0, 0.05) is 37.8 Å². The fraction of sp³-hybridized carbons (Fsp3) is 0.542. The van der Waals surface area contributed by atoms with E-state index in [1.54, 1.807) is 15.9 Å². The number of urea groups is 1. The molecule has 1 heterocycles. The molecule has 4 amide bonds. The average Bonchev–Trinajstić information content (AvgIpc) is 2.75. The van der Waals surface area contributed by atoms with Crippen LogP contribution in [0, 0.1) is 5.92 Å². The zero-order valence-electron chi connectivity index (χ0n) is 19.3. The summed E-state index contributed by atoms with van der Waals surface area (Å²) in [4.78, 5) is 41.7. The molecule has 7 nitrogen and oxygen atoms in total. The molecule has 2 N–H and O–H groups in total. The van der Waals surface area contributed by atoms with Crippen molar-refractivity contribution in [3.8, 4) is 0 Å². The molecular formula is C24H36N4O3. The number of carbonyl (C=O) groups excluding carboxylic acids is 3. The van der Waals surface area contributed by atoms with Gasteiger partial charge in [-0.05, 0) is 38.3 Å². The minimum atomic E-state index is -0.596. The Morgan fingerprint density at radius 3 is 2.35 bits per heavy atom. The molecule has 170 valence electrons. The zero-order valence-corrected chi connectivity index (χ0v) is 19.3. The number of hydrogen-bond donors (Lipinski definition) is 2. The highest BCUT2D eigenvalue weighted by Gasteiger charge is 2.35. The first kappa shape index (κ1) is 24.4. The molecule has 2 rings (SSSR count). The third-order valence-electron chi connectivity index (χ3n) is 5.62. The van der Waals surface area contributed by atoms with Crippen molar-refractivity contribution in [3.05, 3.63) is 42.0 Å². The van der Waals surface area contributed by atoms with Crippen LogP contribution in [0.15, 0.2) is 36.4 Å². The lowest BCUT2D eigenvalue weighted by Crippen LogP contribution is -2.61. The second-order valence-corrected chi connectivity index (χ2v) is 8.55. The third kappa shape index (κ3) is 7.12. The fourth-order valence-electron chi connectivity index (χ4n) is 3.61. The number of rotatable bonds is 7. The number of benzene rings is 1. The van der Waals surface area contributed by atoms with Crippen LogP contribution in [0.3, 0.4) is 0 Å². The van der Waals surface area contributed by atoms with E-state index in [0.717, 1.165) is 12.0 Å². The maximum Gasteiger partial charge on any atom is 0.317 e. The maximum absolute atomic E-state index is 13.3. The van der Waals surface area contributed by atoms with Crippen molar-refractivity contribution in [2.24, 2.45) is 5.92 Å². The SMILES string of the molecule is CCC(C)C(NC(=O)/C=C/c1ccccc1)C(=O)N1CCN(C(=O)NC(C)C)C(C)C1. The fourth-order valence-corrected chi connectivity index (χ4v) is 3.61. The van der Waals surface area contributed by atoms with Crippen molar-refractivity contribution in [1.29, 1.82) is 0 Å². The number of amides is 4. The van der Waals surface area contributed by atoms with Crippen LogP contribution in [-0.2, 0) is 9.59 Å². The number of piperazine rings is 1. The molecule has 0 bridgehead atoms. The number of carbonyl (C=O) groups is 3. The maximum atomic E-state index is 13.3. The molecule has 1 saturated heterocycles. The van der Waals surface area contributed by atoms with Gasteiger partial charge in [0.2, 0.25) is 11.8 Å². The summed E-state index contributed by atoms with van der Waals surface area (Å²) in [5, 5.41) is 5.81. The van der Waals surface area contributed by atoms with Gasteiger partial charge in [0.05, 0.1) is 0 Å². The molecule has 1 aromatic rings. The largest absolute Gasteiger partial charge is 0.340 e. The number of hydrogen-bond acceptors (Lipinski definition) is 3. The molecule has 1 aliphatic rings. The Morgan fingerprint density at radius 1 is 1.10 bits per heavy atom. The van der Waals surface area contributed by atoms with Crippen LogP contribution < -0.4 is 10.6 Å². The summed E-state index contributed by atoms with van der Waals surface area (Å²) in [6.07, 6.45) is 3.97. The van der Waals surface area contributed by atoms with E-state index in [1.807, 2.05) is 65.0 Å². The Labute approximate surface area is 185 Å². The van der Waals surface area contributed by atoms with Gasteiger partial charge in [0.25, 0.3) is 0 Å². The summed E-state index contributed by atoms with van der Waals surface area (Å²) in [5.74, 6) is -0.378. The molecule has 0 aliphatic carbocycles. The lowest BCUT2D eigenvalue weighted by Gasteiger charge is -2.41. The van der Waals surface area contributed by atoms with Crippen molar-refractivity contribution in [2.75, 3.05) is 19.6 Å². The molecule has 3 atom stereocenters. The standard InChI is InChI=1S/C24H36N4O3/c1-6-18(4)22(26-21(29)13-12-20-10-8-7-9-11-20)23(30)27-14-15-28(19(5)16-27)24(31)25-17(2)3/h7-13,17-19,22H,6,14-16H2,1-5H3,(H,25,31)(H,26,29)/b13-12+. The predicted molar refractivity (Wildman–Crippen MR) is 123 cm³/mol. The molecule has 31 heavy (non-hydrogen) atoms.